The average molecular weight is 427 g/mol. The predicted octanol–water partition coefficient (Wildman–Crippen LogP) is 8.27. The molecule has 0 aromatic carbocycles. The first kappa shape index (κ1) is 21.5. The Morgan fingerprint density at radius 1 is 0.581 bits per heavy atom. The van der Waals surface area contributed by atoms with Gasteiger partial charge in [0, 0.05) is 5.41 Å². The van der Waals surface area contributed by atoms with Crippen molar-refractivity contribution in [3.8, 4) is 0 Å². The minimum atomic E-state index is 0.187. The zero-order valence-electron chi connectivity index (χ0n) is 21.9. The summed E-state index contributed by atoms with van der Waals surface area (Å²) >= 11 is 0. The number of hydrogen-bond donors (Lipinski definition) is 0. The summed E-state index contributed by atoms with van der Waals surface area (Å²) in [6.07, 6.45) is 15.1. The van der Waals surface area contributed by atoms with Gasteiger partial charge in [0.25, 0.3) is 0 Å². The third-order valence-electron chi connectivity index (χ3n) is 14.5. The lowest BCUT2D eigenvalue weighted by Gasteiger charge is -2.73. The minimum Gasteiger partial charge on any atom is -0.366 e. The smallest absolute Gasteiger partial charge is 0.0976 e. The second kappa shape index (κ2) is 5.95. The number of epoxide rings is 1. The van der Waals surface area contributed by atoms with E-state index in [0.29, 0.717) is 33.2 Å². The van der Waals surface area contributed by atoms with Crippen LogP contribution in [0.3, 0.4) is 0 Å². The molecule has 0 radical (unpaired) electrons. The summed E-state index contributed by atoms with van der Waals surface area (Å²) in [7, 11) is 0. The second-order valence-electron chi connectivity index (χ2n) is 15.2. The van der Waals surface area contributed by atoms with E-state index in [2.05, 4.69) is 55.4 Å². The molecule has 1 saturated heterocycles. The molecule has 0 unspecified atom stereocenters. The largest absolute Gasteiger partial charge is 0.366 e. The molecule has 5 aliphatic carbocycles. The van der Waals surface area contributed by atoms with Crippen LogP contribution in [0.1, 0.15) is 120 Å². The van der Waals surface area contributed by atoms with Gasteiger partial charge in [0.15, 0.2) is 0 Å². The number of fused-ring (bicyclic) bond motifs is 9. The van der Waals surface area contributed by atoms with Gasteiger partial charge in [0.1, 0.15) is 0 Å². The fourth-order valence-corrected chi connectivity index (χ4v) is 12.5. The lowest BCUT2D eigenvalue weighted by molar-refractivity contribution is -0.245. The van der Waals surface area contributed by atoms with E-state index in [1.165, 1.54) is 64.2 Å². The molecule has 5 saturated carbocycles. The van der Waals surface area contributed by atoms with Gasteiger partial charge in [0.2, 0.25) is 0 Å². The molecule has 1 aliphatic heterocycles. The van der Waals surface area contributed by atoms with Crippen molar-refractivity contribution in [1.82, 2.24) is 0 Å². The Morgan fingerprint density at radius 2 is 1.13 bits per heavy atom. The summed E-state index contributed by atoms with van der Waals surface area (Å²) in [5.74, 6) is 4.53. The van der Waals surface area contributed by atoms with Gasteiger partial charge in [-0.3, -0.25) is 0 Å². The molecule has 6 aliphatic rings. The molecule has 1 heteroatoms. The van der Waals surface area contributed by atoms with Crippen LogP contribution in [-0.4, -0.2) is 11.7 Å². The second-order valence-corrected chi connectivity index (χ2v) is 15.2. The molecule has 0 bridgehead atoms. The topological polar surface area (TPSA) is 12.5 Å². The first-order valence-electron chi connectivity index (χ1n) is 14.0. The minimum absolute atomic E-state index is 0.187. The first-order valence-corrected chi connectivity index (χ1v) is 14.0. The van der Waals surface area contributed by atoms with Crippen LogP contribution < -0.4 is 0 Å². The van der Waals surface area contributed by atoms with Crippen molar-refractivity contribution >= 4 is 0 Å². The Balaban J connectivity index is 1.38. The maximum Gasteiger partial charge on any atom is 0.0976 e. The van der Waals surface area contributed by atoms with Crippen molar-refractivity contribution in [2.75, 3.05) is 0 Å². The molecule has 31 heavy (non-hydrogen) atoms. The van der Waals surface area contributed by atoms with Crippen LogP contribution in [0.15, 0.2) is 0 Å². The van der Waals surface area contributed by atoms with Crippen molar-refractivity contribution in [3.05, 3.63) is 0 Å². The molecule has 176 valence electrons. The van der Waals surface area contributed by atoms with E-state index in [9.17, 15) is 0 Å². The van der Waals surface area contributed by atoms with Gasteiger partial charge in [-0.15, -0.1) is 0 Å². The zero-order valence-corrected chi connectivity index (χ0v) is 21.9. The molecule has 0 aromatic heterocycles. The molecule has 0 spiro atoms. The first-order chi connectivity index (χ1) is 14.4. The summed E-state index contributed by atoms with van der Waals surface area (Å²) in [4.78, 5) is 0. The van der Waals surface area contributed by atoms with Gasteiger partial charge in [0.05, 0.1) is 11.7 Å². The van der Waals surface area contributed by atoms with Crippen molar-refractivity contribution < 1.29 is 4.74 Å². The SMILES string of the molecule is CC(C)[C@H]1CC[C@@H]2[C@]1(C)CC[C@]1(C)[C@H]3CC[C@@]4(C)[C@H](CC[C@H]5O[C@]54C)[C@]3(C)CC[C@@]21C. The Morgan fingerprint density at radius 3 is 1.77 bits per heavy atom. The molecule has 1 heterocycles. The number of ether oxygens (including phenoxy) is 1. The van der Waals surface area contributed by atoms with E-state index in [1.54, 1.807) is 0 Å². The van der Waals surface area contributed by atoms with Gasteiger partial charge in [-0.25, -0.2) is 0 Å². The van der Waals surface area contributed by atoms with Crippen LogP contribution >= 0.6 is 0 Å². The molecule has 0 amide bonds. The summed E-state index contributed by atoms with van der Waals surface area (Å²) in [5.41, 5.74) is 2.77. The van der Waals surface area contributed by atoms with Gasteiger partial charge in [-0.1, -0.05) is 48.5 Å². The van der Waals surface area contributed by atoms with Crippen LogP contribution in [0.2, 0.25) is 0 Å². The normalized spacial score (nSPS) is 64.7. The fourth-order valence-electron chi connectivity index (χ4n) is 12.5. The van der Waals surface area contributed by atoms with Crippen molar-refractivity contribution in [3.63, 3.8) is 0 Å². The Hall–Kier alpha value is -0.0400. The number of rotatable bonds is 1. The van der Waals surface area contributed by atoms with E-state index in [-0.39, 0.29) is 5.60 Å². The van der Waals surface area contributed by atoms with Gasteiger partial charge in [-0.05, 0) is 122 Å². The van der Waals surface area contributed by atoms with E-state index in [1.807, 2.05) is 0 Å². The molecule has 1 nitrogen and oxygen atoms in total. The molecule has 0 N–H and O–H groups in total. The highest BCUT2D eigenvalue weighted by Crippen LogP contribution is 2.80. The summed E-state index contributed by atoms with van der Waals surface area (Å²) in [6.45, 7) is 21.2. The third kappa shape index (κ3) is 2.21. The molecule has 6 rings (SSSR count). The zero-order chi connectivity index (χ0) is 22.2. The Labute approximate surface area is 192 Å². The lowest BCUT2D eigenvalue weighted by atomic mass is 9.31. The molecular formula is C30H50O. The summed E-state index contributed by atoms with van der Waals surface area (Å²) in [6, 6.07) is 0. The van der Waals surface area contributed by atoms with Crippen LogP contribution in [0.5, 0.6) is 0 Å². The van der Waals surface area contributed by atoms with Crippen LogP contribution in [0, 0.1) is 56.7 Å². The molecule has 11 atom stereocenters. The monoisotopic (exact) mass is 426 g/mol. The maximum atomic E-state index is 6.42. The molecule has 6 fully saturated rings. The summed E-state index contributed by atoms with van der Waals surface area (Å²) in [5, 5.41) is 0. The van der Waals surface area contributed by atoms with E-state index in [0.717, 1.165) is 29.6 Å². The van der Waals surface area contributed by atoms with Crippen LogP contribution in [0.4, 0.5) is 0 Å². The van der Waals surface area contributed by atoms with Gasteiger partial charge >= 0.3 is 0 Å². The Kier molecular flexibility index (Phi) is 4.13. The molecular weight excluding hydrogens is 376 g/mol. The fraction of sp³-hybridized carbons (Fsp3) is 1.00. The quantitative estimate of drug-likeness (QED) is 0.384. The highest BCUT2D eigenvalue weighted by Gasteiger charge is 2.76. The number of hydrogen-bond acceptors (Lipinski definition) is 1. The van der Waals surface area contributed by atoms with Crippen molar-refractivity contribution in [2.24, 2.45) is 56.7 Å². The van der Waals surface area contributed by atoms with Crippen LogP contribution in [0.25, 0.3) is 0 Å². The average Bonchev–Trinajstić information content (AvgIpc) is 3.25. The van der Waals surface area contributed by atoms with Crippen molar-refractivity contribution in [2.45, 2.75) is 131 Å². The van der Waals surface area contributed by atoms with E-state index < -0.39 is 0 Å². The summed E-state index contributed by atoms with van der Waals surface area (Å²) < 4.78 is 6.42. The molecule has 0 aromatic rings. The standard InChI is InChI=1S/C30H50O/c1-19(2)20-9-10-21-25(20,3)15-17-28(6)23-13-14-29(7)22(11-12-24-30(29,8)31-24)26(23,4)16-18-27(21,28)5/h19-24H,9-18H2,1-8H3/t20-,21-,22-,23+,24-,25-,26+,27+,28-,29+,30-/m1/s1. The van der Waals surface area contributed by atoms with Gasteiger partial charge < -0.3 is 4.74 Å². The van der Waals surface area contributed by atoms with E-state index in [4.69, 9.17) is 4.74 Å². The maximum absolute atomic E-state index is 6.42. The van der Waals surface area contributed by atoms with Gasteiger partial charge in [-0.2, -0.15) is 0 Å². The van der Waals surface area contributed by atoms with E-state index >= 15 is 0 Å². The van der Waals surface area contributed by atoms with Crippen LogP contribution in [-0.2, 0) is 4.74 Å². The highest BCUT2D eigenvalue weighted by atomic mass is 16.6. The lowest BCUT2D eigenvalue weighted by Crippen LogP contribution is -2.67. The predicted molar refractivity (Wildman–Crippen MR) is 129 cm³/mol. The van der Waals surface area contributed by atoms with Crippen molar-refractivity contribution in [1.29, 1.82) is 0 Å². The highest BCUT2D eigenvalue weighted by molar-refractivity contribution is 5.24. The third-order valence-corrected chi connectivity index (χ3v) is 14.5. The Bertz CT molecular complexity index is 787.